The molecule has 2 aliphatic rings. The molecule has 29 heavy (non-hydrogen) atoms. The van der Waals surface area contributed by atoms with Crippen LogP contribution in [0.1, 0.15) is 17.8 Å². The smallest absolute Gasteiger partial charge is 0.406 e. The van der Waals surface area contributed by atoms with Crippen molar-refractivity contribution in [1.29, 1.82) is 0 Å². The van der Waals surface area contributed by atoms with Crippen LogP contribution in [0.15, 0.2) is 12.1 Å². The van der Waals surface area contributed by atoms with Crippen molar-refractivity contribution < 1.29 is 27.9 Å². The molecule has 1 saturated carbocycles. The first-order valence-electron chi connectivity index (χ1n) is 8.23. The number of aromatic nitrogens is 2. The first-order valence-corrected chi connectivity index (χ1v) is 9.81. The lowest BCUT2D eigenvalue weighted by Gasteiger charge is -2.19. The van der Waals surface area contributed by atoms with E-state index >= 15 is 0 Å². The lowest BCUT2D eigenvalue weighted by molar-refractivity contribution is -0.153. The number of alkyl halides is 3. The molecule has 3 amide bonds. The van der Waals surface area contributed by atoms with Crippen molar-refractivity contribution in [3.63, 3.8) is 0 Å². The molecule has 2 aromatic rings. The molecule has 2 heterocycles. The zero-order chi connectivity index (χ0) is 21.1. The number of rotatable bonds is 4. The van der Waals surface area contributed by atoms with E-state index in [-0.39, 0.29) is 27.2 Å². The van der Waals surface area contributed by atoms with Gasteiger partial charge in [0.15, 0.2) is 5.75 Å². The number of hydrogen-bond acceptors (Lipinski definition) is 6. The van der Waals surface area contributed by atoms with Gasteiger partial charge in [-0.05, 0) is 25.0 Å². The highest BCUT2D eigenvalue weighted by Gasteiger charge is 2.65. The van der Waals surface area contributed by atoms with Gasteiger partial charge in [0.25, 0.3) is 5.91 Å². The van der Waals surface area contributed by atoms with Gasteiger partial charge < -0.3 is 10.0 Å². The number of halogens is 5. The Morgan fingerprint density at radius 2 is 1.90 bits per heavy atom. The maximum absolute atomic E-state index is 12.7. The van der Waals surface area contributed by atoms with E-state index < -0.39 is 30.2 Å². The monoisotopic (exact) mass is 466 g/mol. The Morgan fingerprint density at radius 1 is 1.21 bits per heavy atom. The van der Waals surface area contributed by atoms with Gasteiger partial charge in [0, 0.05) is 5.56 Å². The summed E-state index contributed by atoms with van der Waals surface area (Å²) < 4.78 is 38.2. The highest BCUT2D eigenvalue weighted by Crippen LogP contribution is 2.49. The molecule has 7 nitrogen and oxygen atoms in total. The number of amides is 3. The van der Waals surface area contributed by atoms with Crippen molar-refractivity contribution in [2.45, 2.75) is 31.1 Å². The van der Waals surface area contributed by atoms with Crippen molar-refractivity contribution in [2.75, 3.05) is 6.54 Å². The van der Waals surface area contributed by atoms with Crippen molar-refractivity contribution in [2.24, 2.45) is 0 Å². The average molecular weight is 467 g/mol. The Balaban J connectivity index is 1.59. The molecular weight excluding hydrogens is 456 g/mol. The van der Waals surface area contributed by atoms with E-state index in [1.807, 2.05) is 0 Å². The summed E-state index contributed by atoms with van der Waals surface area (Å²) in [6.07, 6.45) is -4.08. The number of phenols is 1. The molecule has 0 unspecified atom stereocenters. The Morgan fingerprint density at radius 3 is 2.52 bits per heavy atom. The normalized spacial score (nSPS) is 18.2. The van der Waals surface area contributed by atoms with E-state index in [1.54, 1.807) is 0 Å². The number of phenolic OH excluding ortho intramolecular Hbond substituents is 1. The number of benzene rings is 1. The van der Waals surface area contributed by atoms with Gasteiger partial charge in [-0.15, -0.1) is 10.2 Å². The van der Waals surface area contributed by atoms with Gasteiger partial charge in [-0.25, -0.2) is 4.79 Å². The molecule has 0 radical (unpaired) electrons. The molecule has 1 saturated heterocycles. The molecule has 1 N–H and O–H groups in total. The Labute approximate surface area is 175 Å². The molecule has 1 aliphatic carbocycles. The lowest BCUT2D eigenvalue weighted by Crippen LogP contribution is -2.39. The minimum atomic E-state index is -4.68. The van der Waals surface area contributed by atoms with Crippen LogP contribution in [0, 0.1) is 0 Å². The third-order valence-electron chi connectivity index (χ3n) is 4.74. The summed E-state index contributed by atoms with van der Waals surface area (Å²) in [6.45, 7) is -1.78. The van der Waals surface area contributed by atoms with Crippen LogP contribution in [-0.4, -0.2) is 55.3 Å². The lowest BCUT2D eigenvalue weighted by atomic mass is 10.2. The van der Waals surface area contributed by atoms with E-state index in [9.17, 15) is 27.9 Å². The molecule has 1 spiro atoms. The molecule has 0 atom stereocenters. The summed E-state index contributed by atoms with van der Waals surface area (Å²) in [5, 5.41) is 18.4. The highest BCUT2D eigenvalue weighted by atomic mass is 35.5. The molecule has 1 aromatic carbocycles. The quantitative estimate of drug-likeness (QED) is 0.686. The maximum Gasteiger partial charge on any atom is 0.406 e. The van der Waals surface area contributed by atoms with Crippen LogP contribution in [0.5, 0.6) is 5.75 Å². The number of carbonyl (C=O) groups is 2. The van der Waals surface area contributed by atoms with Crippen LogP contribution in [0.2, 0.25) is 10.0 Å². The average Bonchev–Trinajstić information content (AvgIpc) is 3.28. The van der Waals surface area contributed by atoms with Crippen LogP contribution in [0.25, 0.3) is 10.6 Å². The minimum absolute atomic E-state index is 0.0253. The van der Waals surface area contributed by atoms with Gasteiger partial charge in [0.1, 0.15) is 22.1 Å². The number of urea groups is 1. The van der Waals surface area contributed by atoms with Crippen molar-refractivity contribution in [3.8, 4) is 16.3 Å². The summed E-state index contributed by atoms with van der Waals surface area (Å²) in [5.74, 6) is -1.15. The van der Waals surface area contributed by atoms with E-state index in [1.165, 1.54) is 12.1 Å². The summed E-state index contributed by atoms with van der Waals surface area (Å²) >= 11 is 12.9. The second kappa shape index (κ2) is 6.71. The standard InChI is InChI=1S/C16H11Cl2F3N4O3S/c17-8-2-1-7(10(18)11(8)26)12-23-22-9(29-12)5-25-14(28)24(6-16(19,20)21)13(27)15(25)3-4-15/h1-2,26H,3-6H2. The van der Waals surface area contributed by atoms with E-state index in [2.05, 4.69) is 10.2 Å². The predicted molar refractivity (Wildman–Crippen MR) is 97.7 cm³/mol. The second-order valence-corrected chi connectivity index (χ2v) is 8.51. The van der Waals surface area contributed by atoms with Crippen LogP contribution in [-0.2, 0) is 11.3 Å². The van der Waals surface area contributed by atoms with E-state index in [0.29, 0.717) is 28.4 Å². The molecule has 4 rings (SSSR count). The number of nitrogens with zero attached hydrogens (tertiary/aromatic N) is 4. The second-order valence-electron chi connectivity index (χ2n) is 6.67. The summed E-state index contributed by atoms with van der Waals surface area (Å²) in [4.78, 5) is 26.2. The van der Waals surface area contributed by atoms with Crippen LogP contribution >= 0.6 is 34.5 Å². The number of carbonyl (C=O) groups excluding carboxylic acids is 2. The molecule has 154 valence electrons. The zero-order valence-electron chi connectivity index (χ0n) is 14.3. The molecule has 1 aliphatic heterocycles. The number of aromatic hydroxyl groups is 1. The van der Waals surface area contributed by atoms with Crippen LogP contribution < -0.4 is 0 Å². The van der Waals surface area contributed by atoms with Gasteiger partial charge in [0.05, 0.1) is 16.6 Å². The zero-order valence-corrected chi connectivity index (χ0v) is 16.7. The van der Waals surface area contributed by atoms with Crippen LogP contribution in [0.4, 0.5) is 18.0 Å². The molecule has 13 heteroatoms. The number of imide groups is 1. The Bertz CT molecular complexity index is 1030. The van der Waals surface area contributed by atoms with Crippen molar-refractivity contribution >= 4 is 46.5 Å². The topological polar surface area (TPSA) is 86.6 Å². The first kappa shape index (κ1) is 20.2. The highest BCUT2D eigenvalue weighted by molar-refractivity contribution is 7.14. The largest absolute Gasteiger partial charge is 0.505 e. The van der Waals surface area contributed by atoms with Gasteiger partial charge in [-0.1, -0.05) is 34.5 Å². The fraction of sp³-hybridized carbons (Fsp3) is 0.375. The van der Waals surface area contributed by atoms with Gasteiger partial charge >= 0.3 is 12.2 Å². The summed E-state index contributed by atoms with van der Waals surface area (Å²) in [6, 6.07) is 1.96. The molecule has 0 bridgehead atoms. The van der Waals surface area contributed by atoms with Crippen LogP contribution in [0.3, 0.4) is 0 Å². The molecular formula is C16H11Cl2F3N4O3S. The molecule has 2 fully saturated rings. The Hall–Kier alpha value is -2.11. The third kappa shape index (κ3) is 3.40. The molecule has 1 aromatic heterocycles. The predicted octanol–water partition coefficient (Wildman–Crippen LogP) is 4.08. The van der Waals surface area contributed by atoms with Crippen molar-refractivity contribution in [3.05, 3.63) is 27.2 Å². The first-order chi connectivity index (χ1) is 13.5. The van der Waals surface area contributed by atoms with E-state index in [4.69, 9.17) is 23.2 Å². The summed E-state index contributed by atoms with van der Waals surface area (Å²) in [7, 11) is 0. The van der Waals surface area contributed by atoms with E-state index in [0.717, 1.165) is 16.2 Å². The minimum Gasteiger partial charge on any atom is -0.505 e. The summed E-state index contributed by atoms with van der Waals surface area (Å²) in [5.41, 5.74) is -0.870. The maximum atomic E-state index is 12.7. The number of hydrogen-bond donors (Lipinski definition) is 1. The third-order valence-corrected chi connectivity index (χ3v) is 6.37. The Kier molecular flexibility index (Phi) is 4.67. The SMILES string of the molecule is O=C1N(CC(F)(F)F)C(=O)C2(CC2)N1Cc1nnc(-c2ccc(Cl)c(O)c2Cl)s1. The fourth-order valence-corrected chi connectivity index (χ4v) is 4.57. The van der Waals surface area contributed by atoms with Crippen molar-refractivity contribution in [1.82, 2.24) is 20.0 Å². The fourth-order valence-electron chi connectivity index (χ4n) is 3.19. The van der Waals surface area contributed by atoms with Gasteiger partial charge in [0.2, 0.25) is 0 Å². The van der Waals surface area contributed by atoms with Gasteiger partial charge in [-0.3, -0.25) is 9.69 Å². The van der Waals surface area contributed by atoms with Gasteiger partial charge in [-0.2, -0.15) is 13.2 Å².